The van der Waals surface area contributed by atoms with E-state index in [0.717, 1.165) is 5.82 Å². The normalized spacial score (nSPS) is 15.0. The Kier molecular flexibility index (Phi) is 7.80. The summed E-state index contributed by atoms with van der Waals surface area (Å²) in [5.41, 5.74) is 0.673. The van der Waals surface area contributed by atoms with Crippen molar-refractivity contribution in [2.45, 2.75) is 12.8 Å². The summed E-state index contributed by atoms with van der Waals surface area (Å²) in [4.78, 5) is 18.4. The van der Waals surface area contributed by atoms with Crippen LogP contribution in [0.15, 0.2) is 42.6 Å². The van der Waals surface area contributed by atoms with Crippen LogP contribution in [0.3, 0.4) is 0 Å². The van der Waals surface area contributed by atoms with E-state index in [1.807, 2.05) is 18.2 Å². The van der Waals surface area contributed by atoms with Crippen molar-refractivity contribution in [2.24, 2.45) is 0 Å². The molecule has 1 saturated heterocycles. The van der Waals surface area contributed by atoms with Crippen LogP contribution >= 0.6 is 0 Å². The Hall–Kier alpha value is -2.72. The number of nitrogens with zero attached hydrogens (tertiary/aromatic N) is 3. The number of carbonyl (C=O) groups excluding carboxylic acids is 1. The molecule has 3 rings (SSSR count). The third-order valence-corrected chi connectivity index (χ3v) is 7.02. The molecule has 0 atom stereocenters. The number of hydrogen-bond acceptors (Lipinski definition) is 6. The van der Waals surface area contributed by atoms with Crippen molar-refractivity contribution in [3.05, 3.63) is 54.0 Å². The second kappa shape index (κ2) is 10.5. The molecule has 168 valence electrons. The monoisotopic (exact) mass is 450 g/mol. The topological polar surface area (TPSA) is 91.8 Å². The number of amides is 1. The number of halogens is 1. The molecule has 1 aromatic carbocycles. The molecule has 0 spiro atoms. The molecule has 1 N–H and O–H groups in total. The fourth-order valence-corrected chi connectivity index (χ4v) is 4.73. The second-order valence-electron chi connectivity index (χ2n) is 7.21. The van der Waals surface area contributed by atoms with E-state index in [2.05, 4.69) is 15.2 Å². The number of piperazine rings is 1. The van der Waals surface area contributed by atoms with Crippen LogP contribution in [0, 0.1) is 5.82 Å². The van der Waals surface area contributed by atoms with Gasteiger partial charge < -0.3 is 15.0 Å². The Morgan fingerprint density at radius 2 is 1.97 bits per heavy atom. The molecule has 0 aliphatic carbocycles. The summed E-state index contributed by atoms with van der Waals surface area (Å²) in [6.07, 6.45) is 2.22. The largest absolute Gasteiger partial charge is 0.494 e. The van der Waals surface area contributed by atoms with E-state index in [1.165, 1.54) is 23.5 Å². The maximum atomic E-state index is 13.7. The number of nitrogens with one attached hydrogen (secondary N) is 1. The van der Waals surface area contributed by atoms with Crippen LogP contribution in [0.5, 0.6) is 5.75 Å². The number of aryl methyl sites for hydroxylation is 1. The van der Waals surface area contributed by atoms with E-state index < -0.39 is 15.8 Å². The third-order valence-electron chi connectivity index (χ3n) is 5.14. The van der Waals surface area contributed by atoms with Crippen LogP contribution in [0.4, 0.5) is 10.2 Å². The van der Waals surface area contributed by atoms with Gasteiger partial charge in [0.1, 0.15) is 5.82 Å². The van der Waals surface area contributed by atoms with Crippen LogP contribution in [-0.4, -0.2) is 69.2 Å². The van der Waals surface area contributed by atoms with Gasteiger partial charge in [-0.05, 0) is 36.2 Å². The minimum atomic E-state index is -3.46. The van der Waals surface area contributed by atoms with Crippen LogP contribution in [-0.2, 0) is 21.2 Å². The van der Waals surface area contributed by atoms with Gasteiger partial charge in [-0.25, -0.2) is 17.8 Å². The fourth-order valence-electron chi connectivity index (χ4n) is 3.40. The highest BCUT2D eigenvalue weighted by Crippen LogP contribution is 2.18. The van der Waals surface area contributed by atoms with Crippen molar-refractivity contribution in [3.8, 4) is 5.75 Å². The maximum Gasteiger partial charge on any atom is 0.220 e. The lowest BCUT2D eigenvalue weighted by molar-refractivity contribution is -0.120. The van der Waals surface area contributed by atoms with Crippen molar-refractivity contribution in [1.82, 2.24) is 14.6 Å². The average molecular weight is 451 g/mol. The zero-order valence-electron chi connectivity index (χ0n) is 17.5. The Bertz CT molecular complexity index is 980. The Morgan fingerprint density at radius 1 is 1.19 bits per heavy atom. The first-order chi connectivity index (χ1) is 14.9. The first-order valence-corrected chi connectivity index (χ1v) is 11.7. The van der Waals surface area contributed by atoms with Gasteiger partial charge in [0.2, 0.25) is 15.9 Å². The van der Waals surface area contributed by atoms with Gasteiger partial charge in [-0.2, -0.15) is 4.31 Å². The van der Waals surface area contributed by atoms with Gasteiger partial charge in [0.05, 0.1) is 12.9 Å². The lowest BCUT2D eigenvalue weighted by Crippen LogP contribution is -2.50. The quantitative estimate of drug-likeness (QED) is 0.622. The van der Waals surface area contributed by atoms with Crippen molar-refractivity contribution < 1.29 is 22.3 Å². The number of pyridine rings is 1. The molecule has 1 aliphatic heterocycles. The zero-order valence-corrected chi connectivity index (χ0v) is 18.3. The van der Waals surface area contributed by atoms with Crippen LogP contribution in [0.25, 0.3) is 0 Å². The molecule has 10 heteroatoms. The minimum Gasteiger partial charge on any atom is -0.494 e. The van der Waals surface area contributed by atoms with E-state index in [0.29, 0.717) is 38.2 Å². The highest BCUT2D eigenvalue weighted by atomic mass is 32.2. The Balaban J connectivity index is 1.39. The van der Waals surface area contributed by atoms with Crippen molar-refractivity contribution in [2.75, 3.05) is 50.5 Å². The first-order valence-electron chi connectivity index (χ1n) is 10.1. The number of anilines is 1. The molecule has 1 amide bonds. The number of rotatable bonds is 9. The van der Waals surface area contributed by atoms with Gasteiger partial charge in [0.15, 0.2) is 11.6 Å². The standard InChI is InChI=1S/C21H27FN4O4S/c1-30-19-7-5-17(16-18(19)22)6-8-21(27)24-10-15-31(28,29)26-13-11-25(12-14-26)20-4-2-3-9-23-20/h2-5,7,9,16H,6,8,10-15H2,1H3,(H,24,27). The van der Waals surface area contributed by atoms with Crippen molar-refractivity contribution >= 4 is 21.7 Å². The average Bonchev–Trinajstić information content (AvgIpc) is 2.78. The summed E-state index contributed by atoms with van der Waals surface area (Å²) in [6.45, 7) is 1.95. The van der Waals surface area contributed by atoms with E-state index in [1.54, 1.807) is 12.3 Å². The van der Waals surface area contributed by atoms with E-state index in [9.17, 15) is 17.6 Å². The van der Waals surface area contributed by atoms with E-state index in [4.69, 9.17) is 4.74 Å². The lowest BCUT2D eigenvalue weighted by atomic mass is 10.1. The number of hydrogen-bond donors (Lipinski definition) is 1. The number of aromatic nitrogens is 1. The van der Waals surface area contributed by atoms with Crippen LogP contribution in [0.2, 0.25) is 0 Å². The van der Waals surface area contributed by atoms with Gasteiger partial charge in [0, 0.05) is 45.3 Å². The van der Waals surface area contributed by atoms with Crippen molar-refractivity contribution in [3.63, 3.8) is 0 Å². The van der Waals surface area contributed by atoms with Gasteiger partial charge in [-0.3, -0.25) is 4.79 Å². The Morgan fingerprint density at radius 3 is 2.61 bits per heavy atom. The number of ether oxygens (including phenoxy) is 1. The first kappa shape index (κ1) is 23.0. The predicted octanol–water partition coefficient (Wildman–Crippen LogP) is 1.43. The second-order valence-corrected chi connectivity index (χ2v) is 9.30. The molecule has 2 heterocycles. The lowest BCUT2D eigenvalue weighted by Gasteiger charge is -2.34. The molecule has 8 nitrogen and oxygen atoms in total. The maximum absolute atomic E-state index is 13.7. The van der Waals surface area contributed by atoms with Gasteiger partial charge in [-0.1, -0.05) is 12.1 Å². The van der Waals surface area contributed by atoms with Crippen molar-refractivity contribution in [1.29, 1.82) is 0 Å². The molecule has 31 heavy (non-hydrogen) atoms. The highest BCUT2D eigenvalue weighted by molar-refractivity contribution is 7.89. The molecule has 1 aromatic heterocycles. The molecule has 1 aliphatic rings. The van der Waals surface area contributed by atoms with Crippen LogP contribution < -0.4 is 15.0 Å². The molecule has 0 saturated carbocycles. The van der Waals surface area contributed by atoms with Crippen LogP contribution in [0.1, 0.15) is 12.0 Å². The molecule has 0 unspecified atom stereocenters. The smallest absolute Gasteiger partial charge is 0.220 e. The predicted molar refractivity (Wildman–Crippen MR) is 116 cm³/mol. The minimum absolute atomic E-state index is 0.0403. The summed E-state index contributed by atoms with van der Waals surface area (Å²) in [7, 11) is -2.07. The summed E-state index contributed by atoms with van der Waals surface area (Å²) in [5, 5.41) is 2.64. The zero-order chi connectivity index (χ0) is 22.3. The third kappa shape index (κ3) is 6.38. The van der Waals surface area contributed by atoms with Gasteiger partial charge >= 0.3 is 0 Å². The summed E-state index contributed by atoms with van der Waals surface area (Å²) >= 11 is 0. The molecule has 2 aromatic rings. The highest BCUT2D eigenvalue weighted by Gasteiger charge is 2.27. The SMILES string of the molecule is COc1ccc(CCC(=O)NCCS(=O)(=O)N2CCN(c3ccccn3)CC2)cc1F. The fraction of sp³-hybridized carbons (Fsp3) is 0.429. The summed E-state index contributed by atoms with van der Waals surface area (Å²) in [6, 6.07) is 10.2. The summed E-state index contributed by atoms with van der Waals surface area (Å²) < 4.78 is 45.2. The Labute approximate surface area is 182 Å². The van der Waals surface area contributed by atoms with E-state index in [-0.39, 0.29) is 30.4 Å². The molecule has 1 fully saturated rings. The van der Waals surface area contributed by atoms with Gasteiger partial charge in [-0.15, -0.1) is 0 Å². The number of benzene rings is 1. The molecule has 0 bridgehead atoms. The molecular formula is C21H27FN4O4S. The number of carbonyl (C=O) groups is 1. The van der Waals surface area contributed by atoms with E-state index >= 15 is 0 Å². The number of sulfonamides is 1. The molecular weight excluding hydrogens is 423 g/mol. The summed E-state index contributed by atoms with van der Waals surface area (Å²) in [5.74, 6) is 0.0864. The van der Waals surface area contributed by atoms with Gasteiger partial charge in [0.25, 0.3) is 0 Å². The molecule has 0 radical (unpaired) electrons. The number of methoxy groups -OCH3 is 1.